The average molecular weight is 466 g/mol. The summed E-state index contributed by atoms with van der Waals surface area (Å²) in [6.07, 6.45) is 3.73. The van der Waals surface area contributed by atoms with Crippen molar-refractivity contribution in [2.75, 3.05) is 18.4 Å². The molecular weight excluding hydrogens is 440 g/mol. The summed E-state index contributed by atoms with van der Waals surface area (Å²) in [6, 6.07) is 22.0. The van der Waals surface area contributed by atoms with Crippen molar-refractivity contribution in [2.24, 2.45) is 0 Å². The number of hydrogen-bond acceptors (Lipinski definition) is 3. The van der Waals surface area contributed by atoms with Crippen LogP contribution in [0.25, 0.3) is 10.9 Å². The van der Waals surface area contributed by atoms with Crippen LogP contribution in [0.2, 0.25) is 5.02 Å². The molecule has 0 amide bonds. The van der Waals surface area contributed by atoms with Gasteiger partial charge >= 0.3 is 0 Å². The molecule has 0 radical (unpaired) electrons. The van der Waals surface area contributed by atoms with Crippen LogP contribution < -0.4 is 5.32 Å². The molecule has 4 aromatic rings. The Morgan fingerprint density at radius 3 is 2.45 bits per heavy atom. The maximum atomic E-state index is 13.7. The molecule has 1 aromatic heterocycles. The molecule has 170 valence electrons. The highest BCUT2D eigenvalue weighted by Crippen LogP contribution is 2.24. The molecule has 1 N–H and O–H groups in total. The standard InChI is InChI=1S/C27H26ClF2N3/c28-22-9-10-23-26(12-14-32-27(23)17-22)31-13-4-5-15-33(18-20-6-2-1-3-7-20)19-21-8-11-24(29)25(30)16-21/h1-3,6-12,14,16-17H,4-5,13,15,18-19H2,(H,31,32). The van der Waals surface area contributed by atoms with Gasteiger partial charge < -0.3 is 5.32 Å². The molecule has 0 bridgehead atoms. The Labute approximate surface area is 198 Å². The summed E-state index contributed by atoms with van der Waals surface area (Å²) in [7, 11) is 0. The second-order valence-electron chi connectivity index (χ2n) is 8.10. The maximum Gasteiger partial charge on any atom is 0.159 e. The zero-order valence-corrected chi connectivity index (χ0v) is 19.0. The predicted molar refractivity (Wildman–Crippen MR) is 131 cm³/mol. The molecular formula is C27H26ClF2N3. The van der Waals surface area contributed by atoms with Crippen LogP contribution in [-0.4, -0.2) is 23.0 Å². The maximum absolute atomic E-state index is 13.7. The van der Waals surface area contributed by atoms with Crippen LogP contribution in [-0.2, 0) is 13.1 Å². The van der Waals surface area contributed by atoms with Crippen LogP contribution in [0, 0.1) is 11.6 Å². The molecule has 0 unspecified atom stereocenters. The molecule has 0 aliphatic rings. The number of aromatic nitrogens is 1. The lowest BCUT2D eigenvalue weighted by Crippen LogP contribution is -2.24. The van der Waals surface area contributed by atoms with Crippen LogP contribution >= 0.6 is 11.6 Å². The van der Waals surface area contributed by atoms with Crippen LogP contribution in [0.15, 0.2) is 79.0 Å². The lowest BCUT2D eigenvalue weighted by molar-refractivity contribution is 0.251. The summed E-state index contributed by atoms with van der Waals surface area (Å²) in [5.41, 5.74) is 3.87. The molecule has 3 nitrogen and oxygen atoms in total. The summed E-state index contributed by atoms with van der Waals surface area (Å²) in [6.45, 7) is 2.99. The lowest BCUT2D eigenvalue weighted by Gasteiger charge is -2.23. The SMILES string of the molecule is Fc1ccc(CN(CCCCNc2ccnc3cc(Cl)ccc23)Cc2ccccc2)cc1F. The number of nitrogens with one attached hydrogen (secondary N) is 1. The van der Waals surface area contributed by atoms with Gasteiger partial charge in [0.05, 0.1) is 5.52 Å². The Balaban J connectivity index is 1.34. The molecule has 4 rings (SSSR count). The van der Waals surface area contributed by atoms with Crippen molar-refractivity contribution in [3.05, 3.63) is 107 Å². The molecule has 0 aliphatic heterocycles. The number of fused-ring (bicyclic) bond motifs is 1. The van der Waals surface area contributed by atoms with E-state index in [0.29, 0.717) is 11.6 Å². The fourth-order valence-electron chi connectivity index (χ4n) is 3.91. The third kappa shape index (κ3) is 6.50. The number of halogens is 3. The van der Waals surface area contributed by atoms with Crippen LogP contribution in [0.5, 0.6) is 0 Å². The van der Waals surface area contributed by atoms with Crippen LogP contribution in [0.1, 0.15) is 24.0 Å². The van der Waals surface area contributed by atoms with Gasteiger partial charge in [0.2, 0.25) is 0 Å². The second-order valence-corrected chi connectivity index (χ2v) is 8.54. The fourth-order valence-corrected chi connectivity index (χ4v) is 4.08. The zero-order valence-electron chi connectivity index (χ0n) is 18.3. The third-order valence-electron chi connectivity index (χ3n) is 5.56. The van der Waals surface area contributed by atoms with Crippen LogP contribution in [0.4, 0.5) is 14.5 Å². The van der Waals surface area contributed by atoms with E-state index in [4.69, 9.17) is 11.6 Å². The predicted octanol–water partition coefficient (Wildman–Crippen LogP) is 7.06. The summed E-state index contributed by atoms with van der Waals surface area (Å²) in [5, 5.41) is 5.22. The Hall–Kier alpha value is -3.02. The number of pyridine rings is 1. The first-order valence-corrected chi connectivity index (χ1v) is 11.4. The Kier molecular flexibility index (Phi) is 7.87. The van der Waals surface area contributed by atoms with Gasteiger partial charge in [-0.25, -0.2) is 8.78 Å². The van der Waals surface area contributed by atoms with E-state index in [1.54, 1.807) is 12.3 Å². The number of rotatable bonds is 10. The van der Waals surface area contributed by atoms with Gasteiger partial charge in [-0.15, -0.1) is 0 Å². The van der Waals surface area contributed by atoms with Gasteiger partial charge in [0, 0.05) is 41.9 Å². The zero-order chi connectivity index (χ0) is 23.0. The van der Waals surface area contributed by atoms with Crippen molar-refractivity contribution in [2.45, 2.75) is 25.9 Å². The van der Waals surface area contributed by atoms with Crippen molar-refractivity contribution in [3.63, 3.8) is 0 Å². The van der Waals surface area contributed by atoms with Gasteiger partial charge in [0.1, 0.15) is 0 Å². The normalized spacial score (nSPS) is 11.3. The van der Waals surface area contributed by atoms with Gasteiger partial charge in [-0.3, -0.25) is 9.88 Å². The lowest BCUT2D eigenvalue weighted by atomic mass is 10.1. The molecule has 3 aromatic carbocycles. The summed E-state index contributed by atoms with van der Waals surface area (Å²) >= 11 is 6.07. The van der Waals surface area contributed by atoms with Crippen molar-refractivity contribution >= 4 is 28.2 Å². The second kappa shape index (κ2) is 11.2. The minimum atomic E-state index is -0.814. The monoisotopic (exact) mass is 465 g/mol. The van der Waals surface area contributed by atoms with E-state index < -0.39 is 11.6 Å². The van der Waals surface area contributed by atoms with E-state index in [1.807, 2.05) is 42.5 Å². The fraction of sp³-hybridized carbons (Fsp3) is 0.222. The minimum absolute atomic E-state index is 0.565. The number of benzene rings is 3. The quantitative estimate of drug-likeness (QED) is 0.254. The summed E-state index contributed by atoms with van der Waals surface area (Å²) in [4.78, 5) is 6.65. The van der Waals surface area contributed by atoms with Crippen molar-refractivity contribution in [3.8, 4) is 0 Å². The average Bonchev–Trinajstić information content (AvgIpc) is 2.81. The number of nitrogens with zero attached hydrogens (tertiary/aromatic N) is 2. The van der Waals surface area contributed by atoms with E-state index in [1.165, 1.54) is 17.7 Å². The van der Waals surface area contributed by atoms with E-state index in [0.717, 1.165) is 54.6 Å². The Bertz CT molecular complexity index is 1200. The van der Waals surface area contributed by atoms with Gasteiger partial charge in [0.25, 0.3) is 0 Å². The third-order valence-corrected chi connectivity index (χ3v) is 5.80. The highest BCUT2D eigenvalue weighted by atomic mass is 35.5. The van der Waals surface area contributed by atoms with Crippen molar-refractivity contribution in [1.29, 1.82) is 0 Å². The van der Waals surface area contributed by atoms with Gasteiger partial charge in [-0.2, -0.15) is 0 Å². The minimum Gasteiger partial charge on any atom is -0.384 e. The highest BCUT2D eigenvalue weighted by molar-refractivity contribution is 6.31. The molecule has 0 fully saturated rings. The molecule has 1 heterocycles. The number of hydrogen-bond donors (Lipinski definition) is 1. The van der Waals surface area contributed by atoms with E-state index >= 15 is 0 Å². The molecule has 0 saturated carbocycles. The molecule has 0 aliphatic carbocycles. The van der Waals surface area contributed by atoms with Crippen LogP contribution in [0.3, 0.4) is 0 Å². The number of anilines is 1. The highest BCUT2D eigenvalue weighted by Gasteiger charge is 2.10. The molecule has 0 saturated heterocycles. The van der Waals surface area contributed by atoms with Gasteiger partial charge in [0.15, 0.2) is 11.6 Å². The molecule has 6 heteroatoms. The first-order valence-electron chi connectivity index (χ1n) is 11.1. The largest absolute Gasteiger partial charge is 0.384 e. The topological polar surface area (TPSA) is 28.2 Å². The van der Waals surface area contributed by atoms with Crippen molar-refractivity contribution in [1.82, 2.24) is 9.88 Å². The van der Waals surface area contributed by atoms with Gasteiger partial charge in [-0.05, 0) is 66.9 Å². The van der Waals surface area contributed by atoms with Crippen molar-refractivity contribution < 1.29 is 8.78 Å². The summed E-state index contributed by atoms with van der Waals surface area (Å²) < 4.78 is 27.0. The van der Waals surface area contributed by atoms with E-state index in [-0.39, 0.29) is 0 Å². The Morgan fingerprint density at radius 1 is 0.818 bits per heavy atom. The molecule has 0 atom stereocenters. The van der Waals surface area contributed by atoms with Gasteiger partial charge in [-0.1, -0.05) is 48.0 Å². The molecule has 33 heavy (non-hydrogen) atoms. The van der Waals surface area contributed by atoms with E-state index in [9.17, 15) is 8.78 Å². The summed E-state index contributed by atoms with van der Waals surface area (Å²) in [5.74, 6) is -1.62. The first-order chi connectivity index (χ1) is 16.1. The first kappa shape index (κ1) is 23.1. The number of unbranched alkanes of at least 4 members (excludes halogenated alkanes) is 1. The molecule has 0 spiro atoms. The van der Waals surface area contributed by atoms with E-state index in [2.05, 4.69) is 27.3 Å². The Morgan fingerprint density at radius 2 is 1.64 bits per heavy atom. The smallest absolute Gasteiger partial charge is 0.159 e.